The van der Waals surface area contributed by atoms with Crippen LogP contribution in [0.25, 0.3) is 11.4 Å². The van der Waals surface area contributed by atoms with Gasteiger partial charge in [0.05, 0.1) is 5.75 Å². The van der Waals surface area contributed by atoms with E-state index in [1.54, 1.807) is 12.1 Å². The van der Waals surface area contributed by atoms with Gasteiger partial charge in [0.1, 0.15) is 5.75 Å². The number of aryl methyl sites for hydroxylation is 1. The lowest BCUT2D eigenvalue weighted by atomic mass is 10.2. The van der Waals surface area contributed by atoms with Crippen LogP contribution in [-0.2, 0) is 12.2 Å². The number of alkyl halides is 2. The minimum absolute atomic E-state index is 0.0571. The molecule has 3 rings (SSSR count). The summed E-state index contributed by atoms with van der Waals surface area (Å²) in [6, 6.07) is 5.99. The van der Waals surface area contributed by atoms with Gasteiger partial charge in [-0.2, -0.15) is 13.8 Å². The van der Waals surface area contributed by atoms with E-state index in [1.807, 2.05) is 0 Å². The fraction of sp³-hybridized carbons (Fsp3) is 0.375. The molecule has 0 atom stereocenters. The maximum absolute atomic E-state index is 12.2. The van der Waals surface area contributed by atoms with Crippen molar-refractivity contribution in [1.29, 1.82) is 0 Å². The third-order valence-electron chi connectivity index (χ3n) is 3.59. The highest BCUT2D eigenvalue weighted by atomic mass is 32.2. The van der Waals surface area contributed by atoms with E-state index in [-0.39, 0.29) is 5.75 Å². The first-order chi connectivity index (χ1) is 13.1. The van der Waals surface area contributed by atoms with Gasteiger partial charge in [0, 0.05) is 12.0 Å². The molecular weight excluding hydrogens is 378 g/mol. The standard InChI is InChI=1S/C16H18F2N6O2S/c1-2-3-4-12-20-13(26-23-12)9-27-16-22-21-14(24(16)19)10-5-7-11(8-6-10)25-15(17)18/h5-8,15H,2-4,9,19H2,1H3. The molecule has 0 aliphatic heterocycles. The predicted octanol–water partition coefficient (Wildman–Crippen LogP) is 3.28. The molecule has 0 aliphatic rings. The molecule has 0 radical (unpaired) electrons. The number of aromatic nitrogens is 5. The Balaban J connectivity index is 1.64. The molecule has 0 amide bonds. The van der Waals surface area contributed by atoms with Crippen LogP contribution < -0.4 is 10.6 Å². The van der Waals surface area contributed by atoms with Gasteiger partial charge in [0.2, 0.25) is 11.0 Å². The summed E-state index contributed by atoms with van der Waals surface area (Å²) in [5, 5.41) is 12.5. The van der Waals surface area contributed by atoms with E-state index >= 15 is 0 Å². The molecule has 3 aromatic rings. The zero-order chi connectivity index (χ0) is 19.2. The number of hydrogen-bond acceptors (Lipinski definition) is 8. The molecule has 1 aromatic carbocycles. The van der Waals surface area contributed by atoms with Crippen molar-refractivity contribution < 1.29 is 18.0 Å². The highest BCUT2D eigenvalue weighted by Gasteiger charge is 2.15. The summed E-state index contributed by atoms with van der Waals surface area (Å²) < 4.78 is 35.3. The second-order valence-corrected chi connectivity index (χ2v) is 6.52. The Morgan fingerprint density at radius 1 is 1.26 bits per heavy atom. The van der Waals surface area contributed by atoms with Gasteiger partial charge in [-0.25, -0.2) is 4.68 Å². The van der Waals surface area contributed by atoms with Gasteiger partial charge < -0.3 is 15.1 Å². The van der Waals surface area contributed by atoms with Crippen molar-refractivity contribution in [2.75, 3.05) is 5.84 Å². The van der Waals surface area contributed by atoms with Gasteiger partial charge in [-0.3, -0.25) is 0 Å². The molecule has 2 N–H and O–H groups in total. The summed E-state index contributed by atoms with van der Waals surface area (Å²) in [4.78, 5) is 4.32. The molecular formula is C16H18F2N6O2S. The molecule has 11 heteroatoms. The van der Waals surface area contributed by atoms with E-state index in [2.05, 4.69) is 32.0 Å². The number of thioether (sulfide) groups is 1. The average Bonchev–Trinajstić information content (AvgIpc) is 3.25. The van der Waals surface area contributed by atoms with Crippen LogP contribution in [0.1, 0.15) is 31.5 Å². The van der Waals surface area contributed by atoms with Crippen molar-refractivity contribution in [3.05, 3.63) is 36.0 Å². The first-order valence-electron chi connectivity index (χ1n) is 8.26. The molecule has 27 heavy (non-hydrogen) atoms. The molecule has 0 unspecified atom stereocenters. The summed E-state index contributed by atoms with van der Waals surface area (Å²) >= 11 is 1.31. The highest BCUT2D eigenvalue weighted by Crippen LogP contribution is 2.25. The molecule has 0 bridgehead atoms. The molecule has 0 aliphatic carbocycles. The maximum Gasteiger partial charge on any atom is 0.387 e. The first kappa shape index (κ1) is 19.1. The van der Waals surface area contributed by atoms with Crippen LogP contribution in [0.15, 0.2) is 33.9 Å². The Bertz CT molecular complexity index is 868. The molecule has 0 spiro atoms. The second-order valence-electron chi connectivity index (χ2n) is 5.58. The normalized spacial score (nSPS) is 11.3. The van der Waals surface area contributed by atoms with Crippen molar-refractivity contribution in [2.24, 2.45) is 0 Å². The van der Waals surface area contributed by atoms with E-state index in [9.17, 15) is 8.78 Å². The highest BCUT2D eigenvalue weighted by molar-refractivity contribution is 7.98. The smallest absolute Gasteiger partial charge is 0.387 e. The fourth-order valence-corrected chi connectivity index (χ4v) is 2.96. The topological polar surface area (TPSA) is 105 Å². The number of unbranched alkanes of at least 4 members (excludes halogenated alkanes) is 1. The number of rotatable bonds is 9. The molecule has 0 fully saturated rings. The number of nitrogens with two attached hydrogens (primary N) is 1. The number of nitrogens with zero attached hydrogens (tertiary/aromatic N) is 5. The van der Waals surface area contributed by atoms with Gasteiger partial charge >= 0.3 is 6.61 Å². The summed E-state index contributed by atoms with van der Waals surface area (Å²) in [6.45, 7) is -0.772. The van der Waals surface area contributed by atoms with Crippen LogP contribution in [0.3, 0.4) is 0 Å². The van der Waals surface area contributed by atoms with E-state index in [1.165, 1.54) is 28.6 Å². The van der Waals surface area contributed by atoms with E-state index < -0.39 is 6.61 Å². The number of benzene rings is 1. The molecule has 2 heterocycles. The lowest BCUT2D eigenvalue weighted by molar-refractivity contribution is -0.0498. The van der Waals surface area contributed by atoms with E-state index in [0.29, 0.717) is 34.0 Å². The number of hydrogen-bond donors (Lipinski definition) is 1. The van der Waals surface area contributed by atoms with Gasteiger partial charge in [0.25, 0.3) is 0 Å². The summed E-state index contributed by atoms with van der Waals surface area (Å²) in [5.74, 6) is 8.09. The van der Waals surface area contributed by atoms with E-state index in [0.717, 1.165) is 19.3 Å². The van der Waals surface area contributed by atoms with Crippen LogP contribution in [-0.4, -0.2) is 31.6 Å². The van der Waals surface area contributed by atoms with Crippen LogP contribution in [0.5, 0.6) is 5.75 Å². The van der Waals surface area contributed by atoms with Crippen molar-refractivity contribution >= 4 is 11.8 Å². The lowest BCUT2D eigenvalue weighted by Gasteiger charge is -2.06. The van der Waals surface area contributed by atoms with Gasteiger partial charge in [-0.15, -0.1) is 10.2 Å². The first-order valence-corrected chi connectivity index (χ1v) is 9.25. The third-order valence-corrected chi connectivity index (χ3v) is 4.52. The Kier molecular flexibility index (Phi) is 6.22. The van der Waals surface area contributed by atoms with E-state index in [4.69, 9.17) is 10.4 Å². The monoisotopic (exact) mass is 396 g/mol. The molecule has 0 saturated carbocycles. The van der Waals surface area contributed by atoms with Crippen LogP contribution in [0.4, 0.5) is 8.78 Å². The summed E-state index contributed by atoms with van der Waals surface area (Å²) in [5.41, 5.74) is 0.623. The number of nitrogen functional groups attached to an aromatic ring is 1. The SMILES string of the molecule is CCCCc1noc(CSc2nnc(-c3ccc(OC(F)F)cc3)n2N)n1. The van der Waals surface area contributed by atoms with Crippen molar-refractivity contribution in [3.63, 3.8) is 0 Å². The Morgan fingerprint density at radius 2 is 2.04 bits per heavy atom. The largest absolute Gasteiger partial charge is 0.435 e. The zero-order valence-electron chi connectivity index (χ0n) is 14.5. The number of ether oxygens (including phenoxy) is 1. The molecule has 144 valence electrons. The number of halogens is 2. The molecule has 2 aromatic heterocycles. The minimum Gasteiger partial charge on any atom is -0.435 e. The Labute approximate surface area is 158 Å². The lowest BCUT2D eigenvalue weighted by Crippen LogP contribution is -2.11. The van der Waals surface area contributed by atoms with Crippen LogP contribution in [0.2, 0.25) is 0 Å². The Hall–Kier alpha value is -2.69. The van der Waals surface area contributed by atoms with Crippen LogP contribution in [0, 0.1) is 0 Å². The van der Waals surface area contributed by atoms with Gasteiger partial charge in [-0.05, 0) is 30.7 Å². The maximum atomic E-state index is 12.2. The summed E-state index contributed by atoms with van der Waals surface area (Å²) in [7, 11) is 0. The molecule has 8 nitrogen and oxygen atoms in total. The third kappa shape index (κ3) is 4.94. The van der Waals surface area contributed by atoms with Crippen molar-refractivity contribution in [2.45, 2.75) is 43.7 Å². The van der Waals surface area contributed by atoms with Crippen molar-refractivity contribution in [1.82, 2.24) is 25.0 Å². The molecule has 0 saturated heterocycles. The Morgan fingerprint density at radius 3 is 2.74 bits per heavy atom. The fourth-order valence-electron chi connectivity index (χ4n) is 2.27. The second kappa shape index (κ2) is 8.80. The quantitative estimate of drug-likeness (QED) is 0.434. The van der Waals surface area contributed by atoms with Gasteiger partial charge in [-0.1, -0.05) is 30.3 Å². The zero-order valence-corrected chi connectivity index (χ0v) is 15.3. The summed E-state index contributed by atoms with van der Waals surface area (Å²) in [6.07, 6.45) is 2.85. The van der Waals surface area contributed by atoms with Crippen molar-refractivity contribution in [3.8, 4) is 17.1 Å². The predicted molar refractivity (Wildman–Crippen MR) is 94.7 cm³/mol. The van der Waals surface area contributed by atoms with Crippen LogP contribution >= 0.6 is 11.8 Å². The van der Waals surface area contributed by atoms with Gasteiger partial charge in [0.15, 0.2) is 11.6 Å². The minimum atomic E-state index is -2.87. The average molecular weight is 396 g/mol.